The first-order valence-corrected chi connectivity index (χ1v) is 4.84. The van der Waals surface area contributed by atoms with Gasteiger partial charge in [0.15, 0.2) is 0 Å². The molecule has 0 aromatic carbocycles. The minimum Gasteiger partial charge on any atom is -0.481 e. The molecule has 7 heteroatoms. The maximum atomic E-state index is 12.8. The van der Waals surface area contributed by atoms with Crippen molar-refractivity contribution in [2.75, 3.05) is 0 Å². The van der Waals surface area contributed by atoms with Crippen molar-refractivity contribution < 1.29 is 23.1 Å². The molecular formula is C8H5F3INO2. The van der Waals surface area contributed by atoms with Gasteiger partial charge in [-0.05, 0) is 34.2 Å². The number of alkyl halides is 2. The van der Waals surface area contributed by atoms with Crippen molar-refractivity contribution >= 4 is 28.6 Å². The van der Waals surface area contributed by atoms with E-state index in [4.69, 9.17) is 5.11 Å². The SMILES string of the molecule is O=C(O)Cc1cc(F)nc(I)c1C(F)F. The Bertz CT molecular complexity index is 398. The van der Waals surface area contributed by atoms with Gasteiger partial charge in [0, 0.05) is 0 Å². The number of halogens is 4. The molecule has 1 rings (SSSR count). The molecule has 0 spiro atoms. The number of carbonyl (C=O) groups is 1. The van der Waals surface area contributed by atoms with Crippen molar-refractivity contribution in [3.63, 3.8) is 0 Å². The summed E-state index contributed by atoms with van der Waals surface area (Å²) < 4.78 is 37.6. The Morgan fingerprint density at radius 3 is 2.67 bits per heavy atom. The summed E-state index contributed by atoms with van der Waals surface area (Å²) in [5.41, 5.74) is -0.756. The average Bonchev–Trinajstić information content (AvgIpc) is 1.99. The second kappa shape index (κ2) is 4.77. The highest BCUT2D eigenvalue weighted by molar-refractivity contribution is 14.1. The summed E-state index contributed by atoms with van der Waals surface area (Å²) in [6.07, 6.45) is -3.51. The molecule has 15 heavy (non-hydrogen) atoms. The zero-order valence-electron chi connectivity index (χ0n) is 7.18. The normalized spacial score (nSPS) is 10.7. The Balaban J connectivity index is 3.26. The van der Waals surface area contributed by atoms with Crippen LogP contribution >= 0.6 is 22.6 Å². The van der Waals surface area contributed by atoms with Crippen LogP contribution in [0.25, 0.3) is 0 Å². The number of aliphatic carboxylic acids is 1. The minimum atomic E-state index is -2.86. The largest absolute Gasteiger partial charge is 0.481 e. The van der Waals surface area contributed by atoms with Crippen LogP contribution in [0.3, 0.4) is 0 Å². The van der Waals surface area contributed by atoms with Gasteiger partial charge in [-0.25, -0.2) is 13.8 Å². The highest BCUT2D eigenvalue weighted by Gasteiger charge is 2.20. The fourth-order valence-corrected chi connectivity index (χ4v) is 1.89. The molecule has 1 N–H and O–H groups in total. The van der Waals surface area contributed by atoms with Gasteiger partial charge in [0.25, 0.3) is 6.43 Å². The topological polar surface area (TPSA) is 50.2 Å². The van der Waals surface area contributed by atoms with Crippen LogP contribution in [-0.2, 0) is 11.2 Å². The summed E-state index contributed by atoms with van der Waals surface area (Å²) in [5, 5.41) is 8.46. The second-order valence-corrected chi connectivity index (χ2v) is 3.70. The molecule has 0 atom stereocenters. The second-order valence-electron chi connectivity index (χ2n) is 2.68. The standard InChI is InChI=1S/C8H5F3INO2/c9-4-1-3(2-5(14)15)6(7(10)11)8(12)13-4/h1,7H,2H2,(H,14,15). The molecule has 1 heterocycles. The molecule has 1 aromatic heterocycles. The van der Waals surface area contributed by atoms with E-state index in [1.807, 2.05) is 0 Å². The van der Waals surface area contributed by atoms with Gasteiger partial charge in [0.2, 0.25) is 5.95 Å². The quantitative estimate of drug-likeness (QED) is 0.684. The third kappa shape index (κ3) is 3.05. The number of pyridine rings is 1. The summed E-state index contributed by atoms with van der Waals surface area (Å²) in [7, 11) is 0. The lowest BCUT2D eigenvalue weighted by Crippen LogP contribution is -2.08. The van der Waals surface area contributed by atoms with E-state index in [0.29, 0.717) is 0 Å². The van der Waals surface area contributed by atoms with Gasteiger partial charge in [-0.1, -0.05) is 0 Å². The number of carboxylic acid groups (broad SMARTS) is 1. The summed E-state index contributed by atoms with van der Waals surface area (Å²) in [4.78, 5) is 13.6. The molecule has 0 saturated carbocycles. The lowest BCUT2D eigenvalue weighted by atomic mass is 10.1. The molecule has 0 aliphatic carbocycles. The fraction of sp³-hybridized carbons (Fsp3) is 0.250. The van der Waals surface area contributed by atoms with Gasteiger partial charge < -0.3 is 5.11 Å². The van der Waals surface area contributed by atoms with E-state index in [1.165, 1.54) is 22.6 Å². The van der Waals surface area contributed by atoms with E-state index in [0.717, 1.165) is 6.07 Å². The van der Waals surface area contributed by atoms with Crippen LogP contribution in [0.2, 0.25) is 0 Å². The Kier molecular flexibility index (Phi) is 3.89. The maximum Gasteiger partial charge on any atom is 0.307 e. The molecule has 3 nitrogen and oxygen atoms in total. The Labute approximate surface area is 96.5 Å². The Morgan fingerprint density at radius 1 is 1.60 bits per heavy atom. The molecule has 0 unspecified atom stereocenters. The van der Waals surface area contributed by atoms with E-state index in [1.54, 1.807) is 0 Å². The smallest absolute Gasteiger partial charge is 0.307 e. The number of aromatic nitrogens is 1. The van der Waals surface area contributed by atoms with Gasteiger partial charge in [-0.2, -0.15) is 4.39 Å². The predicted octanol–water partition coefficient (Wildman–Crippen LogP) is 2.39. The van der Waals surface area contributed by atoms with E-state index in [-0.39, 0.29) is 9.26 Å². The first kappa shape index (κ1) is 12.2. The minimum absolute atomic E-state index is 0.209. The molecule has 0 fully saturated rings. The molecule has 0 amide bonds. The molecule has 0 bridgehead atoms. The monoisotopic (exact) mass is 331 g/mol. The van der Waals surface area contributed by atoms with Crippen LogP contribution in [0.15, 0.2) is 6.07 Å². The summed E-state index contributed by atoms with van der Waals surface area (Å²) in [5.74, 6) is -2.25. The third-order valence-corrected chi connectivity index (χ3v) is 2.45. The zero-order valence-corrected chi connectivity index (χ0v) is 9.33. The van der Waals surface area contributed by atoms with Crippen molar-refractivity contribution in [2.24, 2.45) is 0 Å². The fourth-order valence-electron chi connectivity index (χ4n) is 1.08. The van der Waals surface area contributed by atoms with Crippen LogP contribution in [0, 0.1) is 9.65 Å². The van der Waals surface area contributed by atoms with Gasteiger partial charge in [0.1, 0.15) is 3.70 Å². The highest BCUT2D eigenvalue weighted by Crippen LogP contribution is 2.27. The van der Waals surface area contributed by atoms with Crippen molar-refractivity contribution in [2.45, 2.75) is 12.8 Å². The molecule has 0 radical (unpaired) electrons. The number of hydrogen-bond donors (Lipinski definition) is 1. The first-order chi connectivity index (χ1) is 6.91. The van der Waals surface area contributed by atoms with E-state index in [9.17, 15) is 18.0 Å². The lowest BCUT2D eigenvalue weighted by molar-refractivity contribution is -0.136. The van der Waals surface area contributed by atoms with Gasteiger partial charge in [-0.3, -0.25) is 4.79 Å². The van der Waals surface area contributed by atoms with Gasteiger partial charge >= 0.3 is 5.97 Å². The van der Waals surface area contributed by atoms with Gasteiger partial charge in [0.05, 0.1) is 12.0 Å². The Hall–Kier alpha value is -0.860. The van der Waals surface area contributed by atoms with Crippen molar-refractivity contribution in [3.8, 4) is 0 Å². The van der Waals surface area contributed by atoms with E-state index < -0.39 is 30.3 Å². The average molecular weight is 331 g/mol. The molecule has 1 aromatic rings. The first-order valence-electron chi connectivity index (χ1n) is 3.76. The summed E-state index contributed by atoms with van der Waals surface area (Å²) in [6.45, 7) is 0. The number of nitrogens with zero attached hydrogens (tertiary/aromatic N) is 1. The zero-order chi connectivity index (χ0) is 11.6. The predicted molar refractivity (Wildman–Crippen MR) is 53.2 cm³/mol. The number of hydrogen-bond acceptors (Lipinski definition) is 2. The highest BCUT2D eigenvalue weighted by atomic mass is 127. The van der Waals surface area contributed by atoms with Crippen molar-refractivity contribution in [1.29, 1.82) is 0 Å². The number of carboxylic acids is 1. The molecule has 0 aliphatic heterocycles. The maximum absolute atomic E-state index is 12.8. The lowest BCUT2D eigenvalue weighted by Gasteiger charge is -2.08. The van der Waals surface area contributed by atoms with Gasteiger partial charge in [-0.15, -0.1) is 0 Å². The van der Waals surface area contributed by atoms with Crippen LogP contribution in [0.4, 0.5) is 13.2 Å². The van der Waals surface area contributed by atoms with Crippen molar-refractivity contribution in [3.05, 3.63) is 26.8 Å². The van der Waals surface area contributed by atoms with Crippen LogP contribution < -0.4 is 0 Å². The summed E-state index contributed by atoms with van der Waals surface area (Å²) >= 11 is 1.45. The van der Waals surface area contributed by atoms with E-state index >= 15 is 0 Å². The molecule has 0 aliphatic rings. The number of rotatable bonds is 3. The third-order valence-electron chi connectivity index (χ3n) is 1.63. The summed E-state index contributed by atoms with van der Waals surface area (Å²) in [6, 6.07) is 0.720. The Morgan fingerprint density at radius 2 is 2.20 bits per heavy atom. The van der Waals surface area contributed by atoms with E-state index in [2.05, 4.69) is 4.98 Å². The molecular weight excluding hydrogens is 326 g/mol. The van der Waals surface area contributed by atoms with Crippen molar-refractivity contribution in [1.82, 2.24) is 4.98 Å². The van der Waals surface area contributed by atoms with Crippen LogP contribution in [0.1, 0.15) is 17.6 Å². The van der Waals surface area contributed by atoms with Crippen LogP contribution in [-0.4, -0.2) is 16.1 Å². The molecule has 82 valence electrons. The molecule has 0 saturated heterocycles. The van der Waals surface area contributed by atoms with Crippen LogP contribution in [0.5, 0.6) is 0 Å².